The highest BCUT2D eigenvalue weighted by Crippen LogP contribution is 2.16. The highest BCUT2D eigenvalue weighted by atomic mass is 16.6. The van der Waals surface area contributed by atoms with E-state index < -0.39 is 24.5 Å². The number of aliphatic hydroxyl groups is 3. The van der Waals surface area contributed by atoms with E-state index in [9.17, 15) is 5.11 Å². The Hall–Kier alpha value is -0.200. The molecule has 0 aliphatic carbocycles. The first-order valence-corrected chi connectivity index (χ1v) is 3.53. The molecule has 0 spiro atoms. The molecule has 1 aliphatic heterocycles. The summed E-state index contributed by atoms with van der Waals surface area (Å²) < 4.78 is 4.79. The van der Waals surface area contributed by atoms with Crippen LogP contribution < -0.4 is 5.73 Å². The third kappa shape index (κ3) is 1.88. The van der Waals surface area contributed by atoms with E-state index in [2.05, 4.69) is 0 Å². The van der Waals surface area contributed by atoms with Gasteiger partial charge in [0.2, 0.25) is 0 Å². The second kappa shape index (κ2) is 3.46. The van der Waals surface area contributed by atoms with E-state index in [1.807, 2.05) is 0 Å². The van der Waals surface area contributed by atoms with E-state index in [1.54, 1.807) is 0 Å². The molecule has 0 aromatic heterocycles. The minimum Gasteiger partial charge on any atom is -0.394 e. The van der Waals surface area contributed by atoms with Crippen LogP contribution in [0, 0.1) is 0 Å². The first-order valence-electron chi connectivity index (χ1n) is 3.53. The lowest BCUT2D eigenvalue weighted by molar-refractivity contribution is -0.216. The fourth-order valence-corrected chi connectivity index (χ4v) is 1.08. The molecular weight excluding hydrogens is 150 g/mol. The topological polar surface area (TPSA) is 95.9 Å². The van der Waals surface area contributed by atoms with Gasteiger partial charge in [0.25, 0.3) is 0 Å². The summed E-state index contributed by atoms with van der Waals surface area (Å²) in [6.45, 7) is -0.301. The Morgan fingerprint density at radius 3 is 2.64 bits per heavy atom. The molecule has 5 N–H and O–H groups in total. The third-order valence-electron chi connectivity index (χ3n) is 1.80. The molecule has 5 nitrogen and oxygen atoms in total. The van der Waals surface area contributed by atoms with E-state index in [4.69, 9.17) is 20.7 Å². The van der Waals surface area contributed by atoms with Gasteiger partial charge in [0.1, 0.15) is 6.10 Å². The van der Waals surface area contributed by atoms with E-state index in [0.717, 1.165) is 0 Å². The number of hydrogen-bond donors (Lipinski definition) is 4. The van der Waals surface area contributed by atoms with Gasteiger partial charge in [-0.1, -0.05) is 0 Å². The molecule has 1 aliphatic rings. The predicted molar refractivity (Wildman–Crippen MR) is 36.6 cm³/mol. The smallest absolute Gasteiger partial charge is 0.170 e. The van der Waals surface area contributed by atoms with Crippen LogP contribution in [0.3, 0.4) is 0 Å². The summed E-state index contributed by atoms with van der Waals surface area (Å²) in [5, 5.41) is 26.8. The van der Waals surface area contributed by atoms with Crippen molar-refractivity contribution in [2.45, 2.75) is 31.0 Å². The molecule has 1 heterocycles. The maximum atomic E-state index is 9.18. The molecule has 0 bridgehead atoms. The quantitative estimate of drug-likeness (QED) is 0.351. The normalized spacial score (nSPS) is 45.8. The van der Waals surface area contributed by atoms with Gasteiger partial charge in [-0.05, 0) is 6.42 Å². The van der Waals surface area contributed by atoms with E-state index in [-0.39, 0.29) is 13.0 Å². The van der Waals surface area contributed by atoms with Gasteiger partial charge in [0.15, 0.2) is 6.29 Å². The summed E-state index contributed by atoms with van der Waals surface area (Å²) in [5.74, 6) is 0. The van der Waals surface area contributed by atoms with Gasteiger partial charge in [-0.3, -0.25) is 0 Å². The van der Waals surface area contributed by atoms with Crippen molar-refractivity contribution in [1.82, 2.24) is 0 Å². The van der Waals surface area contributed by atoms with Crippen LogP contribution in [0.25, 0.3) is 0 Å². The van der Waals surface area contributed by atoms with Gasteiger partial charge < -0.3 is 25.8 Å². The standard InChI is InChI=1S/C6H13NO4/c7-3-1-4(9)5(2-8)11-6(3)10/h3-6,8-10H,1-2,7H2/t3-,4+,5+,6?/m0/s1. The van der Waals surface area contributed by atoms with Gasteiger partial charge in [0.05, 0.1) is 18.8 Å². The van der Waals surface area contributed by atoms with Crippen LogP contribution in [0.4, 0.5) is 0 Å². The van der Waals surface area contributed by atoms with E-state index in [1.165, 1.54) is 0 Å². The number of aliphatic hydroxyl groups excluding tert-OH is 3. The van der Waals surface area contributed by atoms with E-state index >= 15 is 0 Å². The number of hydrogen-bond acceptors (Lipinski definition) is 5. The fourth-order valence-electron chi connectivity index (χ4n) is 1.08. The fraction of sp³-hybridized carbons (Fsp3) is 1.00. The van der Waals surface area contributed by atoms with Crippen LogP contribution >= 0.6 is 0 Å². The Bertz CT molecular complexity index is 132. The summed E-state index contributed by atoms with van der Waals surface area (Å²) in [7, 11) is 0. The van der Waals surface area contributed by atoms with Crippen molar-refractivity contribution in [2.75, 3.05) is 6.61 Å². The van der Waals surface area contributed by atoms with Crippen LogP contribution in [0.5, 0.6) is 0 Å². The molecule has 11 heavy (non-hydrogen) atoms. The Labute approximate surface area is 64.4 Å². The molecule has 1 unspecified atom stereocenters. The van der Waals surface area contributed by atoms with Crippen LogP contribution in [-0.2, 0) is 4.74 Å². The summed E-state index contributed by atoms with van der Waals surface area (Å²) in [6.07, 6.45) is -2.30. The van der Waals surface area contributed by atoms with Crippen LogP contribution in [0.15, 0.2) is 0 Å². The first kappa shape index (κ1) is 8.89. The maximum absolute atomic E-state index is 9.18. The zero-order chi connectivity index (χ0) is 8.43. The van der Waals surface area contributed by atoms with Crippen molar-refractivity contribution in [1.29, 1.82) is 0 Å². The van der Waals surface area contributed by atoms with Crippen molar-refractivity contribution in [3.63, 3.8) is 0 Å². The van der Waals surface area contributed by atoms with Crippen molar-refractivity contribution in [2.24, 2.45) is 5.73 Å². The highest BCUT2D eigenvalue weighted by molar-refractivity contribution is 4.81. The third-order valence-corrected chi connectivity index (χ3v) is 1.80. The lowest BCUT2D eigenvalue weighted by atomic mass is 10.0. The molecule has 1 rings (SSSR count). The number of ether oxygens (including phenoxy) is 1. The molecule has 0 amide bonds. The lowest BCUT2D eigenvalue weighted by Gasteiger charge is -2.34. The SMILES string of the molecule is N[C@H]1C[C@@H](O)[C@@H](CO)OC1O. The average molecular weight is 163 g/mol. The van der Waals surface area contributed by atoms with Gasteiger partial charge in [0, 0.05) is 0 Å². The van der Waals surface area contributed by atoms with Crippen LogP contribution in [0.1, 0.15) is 6.42 Å². The van der Waals surface area contributed by atoms with Gasteiger partial charge in [-0.2, -0.15) is 0 Å². The van der Waals surface area contributed by atoms with Crippen LogP contribution in [0.2, 0.25) is 0 Å². The minimum absolute atomic E-state index is 0.256. The van der Waals surface area contributed by atoms with Gasteiger partial charge in [-0.25, -0.2) is 0 Å². The molecule has 4 atom stereocenters. The lowest BCUT2D eigenvalue weighted by Crippen LogP contribution is -2.52. The Balaban J connectivity index is 2.48. The molecule has 0 saturated carbocycles. The molecule has 1 fully saturated rings. The average Bonchev–Trinajstić information content (AvgIpc) is 1.97. The largest absolute Gasteiger partial charge is 0.394 e. The summed E-state index contributed by atoms with van der Waals surface area (Å²) >= 11 is 0. The molecule has 66 valence electrons. The molecule has 1 saturated heterocycles. The second-order valence-corrected chi connectivity index (χ2v) is 2.71. The van der Waals surface area contributed by atoms with Crippen molar-refractivity contribution < 1.29 is 20.1 Å². The number of rotatable bonds is 1. The van der Waals surface area contributed by atoms with E-state index in [0.29, 0.717) is 0 Å². The maximum Gasteiger partial charge on any atom is 0.170 e. The summed E-state index contributed by atoms with van der Waals surface area (Å²) in [4.78, 5) is 0. The zero-order valence-corrected chi connectivity index (χ0v) is 6.05. The molecule has 0 aromatic rings. The predicted octanol–water partition coefficient (Wildman–Crippen LogP) is -2.23. The van der Waals surface area contributed by atoms with Gasteiger partial charge in [-0.15, -0.1) is 0 Å². The molecular formula is C6H13NO4. The second-order valence-electron chi connectivity index (χ2n) is 2.71. The summed E-state index contributed by atoms with van der Waals surface area (Å²) in [5.41, 5.74) is 5.37. The molecule has 0 radical (unpaired) electrons. The van der Waals surface area contributed by atoms with Crippen molar-refractivity contribution in [3.8, 4) is 0 Å². The Morgan fingerprint density at radius 1 is 1.45 bits per heavy atom. The Kier molecular flexibility index (Phi) is 2.80. The zero-order valence-electron chi connectivity index (χ0n) is 6.05. The Morgan fingerprint density at radius 2 is 2.09 bits per heavy atom. The van der Waals surface area contributed by atoms with Crippen molar-refractivity contribution >= 4 is 0 Å². The summed E-state index contributed by atoms with van der Waals surface area (Å²) in [6, 6.07) is -0.562. The first-order chi connectivity index (χ1) is 5.15. The monoisotopic (exact) mass is 163 g/mol. The highest BCUT2D eigenvalue weighted by Gasteiger charge is 2.33. The number of nitrogens with two attached hydrogens (primary N) is 1. The van der Waals surface area contributed by atoms with Gasteiger partial charge >= 0.3 is 0 Å². The molecule has 0 aromatic carbocycles. The molecule has 5 heteroatoms. The van der Waals surface area contributed by atoms with Crippen LogP contribution in [-0.4, -0.2) is 46.5 Å². The van der Waals surface area contributed by atoms with Crippen molar-refractivity contribution in [3.05, 3.63) is 0 Å². The minimum atomic E-state index is -1.07.